The van der Waals surface area contributed by atoms with Gasteiger partial charge in [0.1, 0.15) is 5.75 Å². The van der Waals surface area contributed by atoms with Crippen LogP contribution in [0.5, 0.6) is 5.75 Å². The van der Waals surface area contributed by atoms with Gasteiger partial charge in [0.15, 0.2) is 0 Å². The molecule has 0 atom stereocenters. The number of ether oxygens (including phenoxy) is 1. The minimum Gasteiger partial charge on any atom is -0.478 e. The minimum atomic E-state index is -1.02. The number of esters is 1. The quantitative estimate of drug-likeness (QED) is 0.514. The molecule has 0 saturated heterocycles. The molecule has 0 spiro atoms. The predicted octanol–water partition coefficient (Wildman–Crippen LogP) is 3.21. The van der Waals surface area contributed by atoms with Gasteiger partial charge in [-0.05, 0) is 59.0 Å². The normalized spacial score (nSPS) is 9.95. The van der Waals surface area contributed by atoms with Crippen LogP contribution in [0.2, 0.25) is 0 Å². The maximum absolute atomic E-state index is 11.9. The molecule has 0 amide bonds. The van der Waals surface area contributed by atoms with Crippen molar-refractivity contribution in [1.29, 1.82) is 0 Å². The predicted molar refractivity (Wildman–Crippen MR) is 77.5 cm³/mol. The number of hydrogen-bond donors (Lipinski definition) is 1. The van der Waals surface area contributed by atoms with Crippen molar-refractivity contribution in [3.63, 3.8) is 0 Å². The SMILES string of the molecule is O=C(O)c1ccc(OC(=O)c2ccccc2I)cc1. The molecule has 0 aliphatic heterocycles. The van der Waals surface area contributed by atoms with E-state index in [9.17, 15) is 9.59 Å². The largest absolute Gasteiger partial charge is 0.478 e. The first kappa shape index (κ1) is 13.5. The van der Waals surface area contributed by atoms with Crippen LogP contribution in [0.15, 0.2) is 48.5 Å². The summed E-state index contributed by atoms with van der Waals surface area (Å²) in [5.74, 6) is -1.17. The second-order valence-corrected chi connectivity index (χ2v) is 4.86. The van der Waals surface area contributed by atoms with E-state index in [4.69, 9.17) is 9.84 Å². The van der Waals surface area contributed by atoms with E-state index in [-0.39, 0.29) is 5.56 Å². The Balaban J connectivity index is 2.15. The fourth-order valence-corrected chi connectivity index (χ4v) is 2.06. The van der Waals surface area contributed by atoms with Crippen LogP contribution in [0.3, 0.4) is 0 Å². The molecule has 5 heteroatoms. The Morgan fingerprint density at radius 2 is 1.63 bits per heavy atom. The maximum atomic E-state index is 11.9. The van der Waals surface area contributed by atoms with Gasteiger partial charge < -0.3 is 9.84 Å². The number of carbonyl (C=O) groups is 2. The number of halogens is 1. The number of aromatic carboxylic acids is 1. The van der Waals surface area contributed by atoms with Gasteiger partial charge in [0.2, 0.25) is 0 Å². The van der Waals surface area contributed by atoms with Crippen LogP contribution >= 0.6 is 22.6 Å². The van der Waals surface area contributed by atoms with Crippen LogP contribution in [0.1, 0.15) is 20.7 Å². The highest BCUT2D eigenvalue weighted by Gasteiger charge is 2.12. The molecule has 2 aromatic rings. The summed E-state index contributed by atoms with van der Waals surface area (Å²) in [4.78, 5) is 22.6. The maximum Gasteiger partial charge on any atom is 0.344 e. The summed E-state index contributed by atoms with van der Waals surface area (Å²) in [5.41, 5.74) is 0.625. The zero-order valence-corrected chi connectivity index (χ0v) is 11.8. The molecule has 0 saturated carbocycles. The van der Waals surface area contributed by atoms with Gasteiger partial charge in [0, 0.05) is 3.57 Å². The standard InChI is InChI=1S/C14H9IO4/c15-12-4-2-1-3-11(12)14(18)19-10-7-5-9(6-8-10)13(16)17/h1-8H,(H,16,17). The van der Waals surface area contributed by atoms with E-state index >= 15 is 0 Å². The Morgan fingerprint density at radius 1 is 1.00 bits per heavy atom. The third-order valence-corrected chi connectivity index (χ3v) is 3.35. The molecule has 0 bridgehead atoms. The van der Waals surface area contributed by atoms with Crippen molar-refractivity contribution in [2.24, 2.45) is 0 Å². The van der Waals surface area contributed by atoms with Gasteiger partial charge >= 0.3 is 11.9 Å². The van der Waals surface area contributed by atoms with Crippen molar-refractivity contribution in [3.8, 4) is 5.75 Å². The monoisotopic (exact) mass is 368 g/mol. The Morgan fingerprint density at radius 3 is 2.21 bits per heavy atom. The number of benzene rings is 2. The molecule has 4 nitrogen and oxygen atoms in total. The zero-order chi connectivity index (χ0) is 13.8. The van der Waals surface area contributed by atoms with Crippen LogP contribution in [-0.4, -0.2) is 17.0 Å². The van der Waals surface area contributed by atoms with Gasteiger partial charge in [0.25, 0.3) is 0 Å². The summed E-state index contributed by atoms with van der Waals surface area (Å²) >= 11 is 2.05. The molecule has 1 N–H and O–H groups in total. The molecule has 19 heavy (non-hydrogen) atoms. The summed E-state index contributed by atoms with van der Waals surface area (Å²) < 4.78 is 5.98. The number of carbonyl (C=O) groups excluding carboxylic acids is 1. The van der Waals surface area contributed by atoms with Crippen molar-refractivity contribution in [2.75, 3.05) is 0 Å². The lowest BCUT2D eigenvalue weighted by atomic mass is 10.2. The molecule has 0 unspecified atom stereocenters. The number of rotatable bonds is 3. The van der Waals surface area contributed by atoms with E-state index in [0.717, 1.165) is 3.57 Å². The number of hydrogen-bond acceptors (Lipinski definition) is 3. The second kappa shape index (κ2) is 5.83. The van der Waals surface area contributed by atoms with E-state index in [1.807, 2.05) is 12.1 Å². The van der Waals surface area contributed by atoms with E-state index < -0.39 is 11.9 Å². The first-order valence-corrected chi connectivity index (χ1v) is 6.46. The molecule has 0 radical (unpaired) electrons. The topological polar surface area (TPSA) is 63.6 Å². The number of carboxylic acids is 1. The molecule has 2 aromatic carbocycles. The van der Waals surface area contributed by atoms with Crippen molar-refractivity contribution in [1.82, 2.24) is 0 Å². The Kier molecular flexibility index (Phi) is 4.16. The molecule has 0 aliphatic carbocycles. The van der Waals surface area contributed by atoms with Crippen LogP contribution < -0.4 is 4.74 Å². The average Bonchev–Trinajstić information content (AvgIpc) is 2.39. The van der Waals surface area contributed by atoms with Gasteiger partial charge in [0.05, 0.1) is 11.1 Å². The van der Waals surface area contributed by atoms with Gasteiger partial charge in [-0.25, -0.2) is 9.59 Å². The minimum absolute atomic E-state index is 0.147. The summed E-state index contributed by atoms with van der Waals surface area (Å²) in [5, 5.41) is 8.76. The van der Waals surface area contributed by atoms with Crippen molar-refractivity contribution in [2.45, 2.75) is 0 Å². The van der Waals surface area contributed by atoms with Crippen molar-refractivity contribution >= 4 is 34.5 Å². The highest BCUT2D eigenvalue weighted by atomic mass is 127. The lowest BCUT2D eigenvalue weighted by Crippen LogP contribution is -2.10. The Labute approximate surface area is 123 Å². The van der Waals surface area contributed by atoms with E-state index in [1.165, 1.54) is 24.3 Å². The van der Waals surface area contributed by atoms with Crippen LogP contribution in [-0.2, 0) is 0 Å². The van der Waals surface area contributed by atoms with E-state index in [0.29, 0.717) is 11.3 Å². The second-order valence-electron chi connectivity index (χ2n) is 3.70. The molecule has 0 aromatic heterocycles. The van der Waals surface area contributed by atoms with Crippen LogP contribution in [0.4, 0.5) is 0 Å². The number of carboxylic acid groups (broad SMARTS) is 1. The third kappa shape index (κ3) is 3.31. The fraction of sp³-hybridized carbons (Fsp3) is 0. The molecule has 96 valence electrons. The van der Waals surface area contributed by atoms with Crippen LogP contribution in [0, 0.1) is 3.57 Å². The smallest absolute Gasteiger partial charge is 0.344 e. The highest BCUT2D eigenvalue weighted by Crippen LogP contribution is 2.17. The lowest BCUT2D eigenvalue weighted by Gasteiger charge is -2.06. The summed E-state index contributed by atoms with van der Waals surface area (Å²) in [7, 11) is 0. The Hall–Kier alpha value is -1.89. The average molecular weight is 368 g/mol. The van der Waals surface area contributed by atoms with E-state index in [1.54, 1.807) is 12.1 Å². The molecule has 0 aliphatic rings. The first-order valence-electron chi connectivity index (χ1n) is 5.38. The highest BCUT2D eigenvalue weighted by molar-refractivity contribution is 14.1. The first-order chi connectivity index (χ1) is 9.08. The van der Waals surface area contributed by atoms with Crippen LogP contribution in [0.25, 0.3) is 0 Å². The molecule has 0 fully saturated rings. The molecule has 0 heterocycles. The third-order valence-electron chi connectivity index (χ3n) is 2.41. The Bertz CT molecular complexity index is 620. The van der Waals surface area contributed by atoms with E-state index in [2.05, 4.69) is 22.6 Å². The van der Waals surface area contributed by atoms with Gasteiger partial charge in [-0.1, -0.05) is 12.1 Å². The lowest BCUT2D eigenvalue weighted by molar-refractivity contribution is 0.0696. The van der Waals surface area contributed by atoms with Crippen molar-refractivity contribution < 1.29 is 19.4 Å². The molecule has 2 rings (SSSR count). The van der Waals surface area contributed by atoms with Gasteiger partial charge in [-0.2, -0.15) is 0 Å². The van der Waals surface area contributed by atoms with Gasteiger partial charge in [-0.3, -0.25) is 0 Å². The summed E-state index contributed by atoms with van der Waals surface area (Å²) in [6.45, 7) is 0. The summed E-state index contributed by atoms with van der Waals surface area (Å²) in [6, 6.07) is 12.8. The zero-order valence-electron chi connectivity index (χ0n) is 9.67. The van der Waals surface area contributed by atoms with Gasteiger partial charge in [-0.15, -0.1) is 0 Å². The fourth-order valence-electron chi connectivity index (χ4n) is 1.45. The molecular weight excluding hydrogens is 359 g/mol. The summed E-state index contributed by atoms with van der Waals surface area (Å²) in [6.07, 6.45) is 0. The molecular formula is C14H9IO4. The van der Waals surface area contributed by atoms with Crippen molar-refractivity contribution in [3.05, 3.63) is 63.2 Å².